The molecule has 2 saturated heterocycles. The maximum Gasteiger partial charge on any atom is 0.252 e. The molecule has 0 saturated carbocycles. The summed E-state index contributed by atoms with van der Waals surface area (Å²) in [6.07, 6.45) is 0.878. The van der Waals surface area contributed by atoms with E-state index in [1.165, 1.54) is 0 Å². The van der Waals surface area contributed by atoms with Crippen molar-refractivity contribution in [2.75, 3.05) is 37.7 Å². The van der Waals surface area contributed by atoms with E-state index in [1.807, 2.05) is 35.2 Å². The summed E-state index contributed by atoms with van der Waals surface area (Å²) >= 11 is 0. The third-order valence-corrected chi connectivity index (χ3v) is 4.38. The Morgan fingerprint density at radius 3 is 2.67 bits per heavy atom. The monoisotopic (exact) mass is 288 g/mol. The number of likely N-dealkylation sites (tertiary alicyclic amines) is 1. The predicted octanol–water partition coefficient (Wildman–Crippen LogP) is 1.29. The van der Waals surface area contributed by atoms with Crippen LogP contribution in [0.2, 0.25) is 0 Å². The van der Waals surface area contributed by atoms with E-state index in [1.54, 1.807) is 11.8 Å². The smallest absolute Gasteiger partial charge is 0.252 e. The first kappa shape index (κ1) is 14.1. The summed E-state index contributed by atoms with van der Waals surface area (Å²) in [6, 6.07) is 9.67. The third kappa shape index (κ3) is 2.78. The summed E-state index contributed by atoms with van der Waals surface area (Å²) in [6.45, 7) is 4.26. The van der Waals surface area contributed by atoms with E-state index in [9.17, 15) is 9.59 Å². The van der Waals surface area contributed by atoms with E-state index in [0.29, 0.717) is 19.7 Å². The molecule has 1 unspecified atom stereocenters. The second-order valence-electron chi connectivity index (χ2n) is 6.00. The molecule has 5 nitrogen and oxygen atoms in total. The van der Waals surface area contributed by atoms with Crippen LogP contribution in [0.4, 0.5) is 5.69 Å². The Bertz CT molecular complexity index is 546. The van der Waals surface area contributed by atoms with Crippen molar-refractivity contribution in [1.82, 2.24) is 4.90 Å². The Morgan fingerprint density at radius 2 is 2.00 bits per heavy atom. The zero-order valence-corrected chi connectivity index (χ0v) is 12.2. The van der Waals surface area contributed by atoms with Crippen molar-refractivity contribution in [3.05, 3.63) is 30.3 Å². The van der Waals surface area contributed by atoms with Crippen molar-refractivity contribution in [2.45, 2.75) is 13.3 Å². The highest BCUT2D eigenvalue weighted by atomic mass is 16.5. The highest BCUT2D eigenvalue weighted by Crippen LogP contribution is 2.35. The topological polar surface area (TPSA) is 49.9 Å². The molecule has 1 aromatic carbocycles. The number of hydrogen-bond acceptors (Lipinski definition) is 3. The number of hydrogen-bond donors (Lipinski definition) is 0. The Labute approximate surface area is 124 Å². The predicted molar refractivity (Wildman–Crippen MR) is 78.9 cm³/mol. The average Bonchev–Trinajstić information content (AvgIpc) is 2.83. The number of amides is 2. The van der Waals surface area contributed by atoms with E-state index in [-0.39, 0.29) is 23.8 Å². The number of nitrogens with zero attached hydrogens (tertiary/aromatic N) is 2. The molecule has 0 bridgehead atoms. The van der Waals surface area contributed by atoms with Gasteiger partial charge in [0.2, 0.25) is 5.91 Å². The molecule has 2 aliphatic heterocycles. The van der Waals surface area contributed by atoms with Crippen molar-refractivity contribution < 1.29 is 14.3 Å². The lowest BCUT2D eigenvalue weighted by molar-refractivity contribution is -0.128. The second-order valence-corrected chi connectivity index (χ2v) is 6.00. The molecule has 21 heavy (non-hydrogen) atoms. The normalized spacial score (nSPS) is 26.2. The number of benzene rings is 1. The molecular formula is C16H20N2O3. The first-order valence-corrected chi connectivity index (χ1v) is 7.28. The molecule has 0 N–H and O–H groups in total. The zero-order valence-electron chi connectivity index (χ0n) is 12.2. The number of carbonyl (C=O) groups is 2. The average molecular weight is 288 g/mol. The van der Waals surface area contributed by atoms with Gasteiger partial charge in [-0.15, -0.1) is 0 Å². The van der Waals surface area contributed by atoms with Crippen LogP contribution in [0.25, 0.3) is 0 Å². The molecule has 0 aromatic heterocycles. The van der Waals surface area contributed by atoms with Crippen LogP contribution < -0.4 is 4.90 Å². The maximum absolute atomic E-state index is 12.3. The van der Waals surface area contributed by atoms with Crippen molar-refractivity contribution in [1.29, 1.82) is 0 Å². The van der Waals surface area contributed by atoms with Gasteiger partial charge in [0.25, 0.3) is 5.91 Å². The standard InChI is InChI=1S/C16H20N2O3/c1-13(19)17-8-7-16(10-17)11-18(15(20)9-21-12-16)14-5-3-2-4-6-14/h2-6H,7-12H2,1H3. The number of carbonyl (C=O) groups excluding carboxylic acids is 2. The molecule has 2 amide bonds. The second kappa shape index (κ2) is 5.48. The Kier molecular flexibility index (Phi) is 3.68. The van der Waals surface area contributed by atoms with Gasteiger partial charge >= 0.3 is 0 Å². The molecule has 0 radical (unpaired) electrons. The van der Waals surface area contributed by atoms with Gasteiger partial charge in [0.15, 0.2) is 0 Å². The SMILES string of the molecule is CC(=O)N1CCC2(COCC(=O)N(c3ccccc3)C2)C1. The molecule has 3 rings (SSSR count). The lowest BCUT2D eigenvalue weighted by atomic mass is 9.87. The first-order chi connectivity index (χ1) is 10.1. The van der Waals surface area contributed by atoms with E-state index < -0.39 is 0 Å². The van der Waals surface area contributed by atoms with Gasteiger partial charge in [-0.1, -0.05) is 18.2 Å². The summed E-state index contributed by atoms with van der Waals surface area (Å²) in [5.74, 6) is 0.0769. The van der Waals surface area contributed by atoms with Gasteiger partial charge in [-0.25, -0.2) is 0 Å². The van der Waals surface area contributed by atoms with Crippen LogP contribution in [0.1, 0.15) is 13.3 Å². The minimum atomic E-state index is -0.145. The number of rotatable bonds is 1. The third-order valence-electron chi connectivity index (χ3n) is 4.38. The fourth-order valence-corrected chi connectivity index (χ4v) is 3.20. The van der Waals surface area contributed by atoms with Crippen molar-refractivity contribution >= 4 is 17.5 Å². The largest absolute Gasteiger partial charge is 0.371 e. The van der Waals surface area contributed by atoms with E-state index in [4.69, 9.17) is 4.74 Å². The van der Waals surface area contributed by atoms with Gasteiger partial charge in [-0.2, -0.15) is 0 Å². The lowest BCUT2D eigenvalue weighted by Crippen LogP contribution is -2.43. The molecule has 112 valence electrons. The highest BCUT2D eigenvalue weighted by Gasteiger charge is 2.43. The Morgan fingerprint density at radius 1 is 1.24 bits per heavy atom. The maximum atomic E-state index is 12.3. The van der Waals surface area contributed by atoms with Crippen LogP contribution in [0.15, 0.2) is 30.3 Å². The van der Waals surface area contributed by atoms with Crippen molar-refractivity contribution in [3.8, 4) is 0 Å². The first-order valence-electron chi connectivity index (χ1n) is 7.28. The van der Waals surface area contributed by atoms with Crippen LogP contribution in [0.3, 0.4) is 0 Å². The fourth-order valence-electron chi connectivity index (χ4n) is 3.20. The molecule has 0 aliphatic carbocycles. The molecular weight excluding hydrogens is 268 g/mol. The van der Waals surface area contributed by atoms with Gasteiger partial charge in [-0.3, -0.25) is 9.59 Å². The van der Waals surface area contributed by atoms with Crippen LogP contribution in [0, 0.1) is 5.41 Å². The van der Waals surface area contributed by atoms with Crippen molar-refractivity contribution in [3.63, 3.8) is 0 Å². The van der Waals surface area contributed by atoms with E-state index in [2.05, 4.69) is 0 Å². The number of anilines is 1. The van der Waals surface area contributed by atoms with Gasteiger partial charge in [0.05, 0.1) is 6.61 Å². The van der Waals surface area contributed by atoms with Crippen molar-refractivity contribution in [2.24, 2.45) is 5.41 Å². The summed E-state index contributed by atoms with van der Waals surface area (Å²) in [5, 5.41) is 0. The molecule has 2 fully saturated rings. The summed E-state index contributed by atoms with van der Waals surface area (Å²) < 4.78 is 5.60. The summed E-state index contributed by atoms with van der Waals surface area (Å²) in [4.78, 5) is 27.5. The zero-order chi connectivity index (χ0) is 14.9. The molecule has 2 heterocycles. The molecule has 1 aromatic rings. The number of para-hydroxylation sites is 1. The Hall–Kier alpha value is -1.88. The molecule has 1 spiro atoms. The van der Waals surface area contributed by atoms with E-state index in [0.717, 1.165) is 18.7 Å². The van der Waals surface area contributed by atoms with Gasteiger partial charge < -0.3 is 14.5 Å². The summed E-state index contributed by atoms with van der Waals surface area (Å²) in [5.41, 5.74) is 0.752. The highest BCUT2D eigenvalue weighted by molar-refractivity contribution is 5.94. The van der Waals surface area contributed by atoms with Gasteiger partial charge in [0.1, 0.15) is 6.61 Å². The minimum absolute atomic E-state index is 0.0145. The van der Waals surface area contributed by atoms with Gasteiger partial charge in [-0.05, 0) is 18.6 Å². The minimum Gasteiger partial charge on any atom is -0.371 e. The molecule has 2 aliphatic rings. The summed E-state index contributed by atoms with van der Waals surface area (Å²) in [7, 11) is 0. The van der Waals surface area contributed by atoms with E-state index >= 15 is 0 Å². The van der Waals surface area contributed by atoms with Crippen LogP contribution >= 0.6 is 0 Å². The van der Waals surface area contributed by atoms with Crippen LogP contribution in [-0.4, -0.2) is 49.6 Å². The number of ether oxygens (including phenoxy) is 1. The lowest BCUT2D eigenvalue weighted by Gasteiger charge is -2.31. The quantitative estimate of drug-likeness (QED) is 0.782. The molecule has 1 atom stereocenters. The van der Waals surface area contributed by atoms with Crippen LogP contribution in [0.5, 0.6) is 0 Å². The molecule has 5 heteroatoms. The fraction of sp³-hybridized carbons (Fsp3) is 0.500. The van der Waals surface area contributed by atoms with Gasteiger partial charge in [0, 0.05) is 37.7 Å². The van der Waals surface area contributed by atoms with Crippen LogP contribution in [-0.2, 0) is 14.3 Å². The Balaban J connectivity index is 1.85.